The molecule has 1 amide bonds. The topological polar surface area (TPSA) is 45.2 Å². The fourth-order valence-electron chi connectivity index (χ4n) is 1.27. The van der Waals surface area contributed by atoms with E-state index >= 15 is 0 Å². The van der Waals surface area contributed by atoms with Gasteiger partial charge in [-0.2, -0.15) is 0 Å². The molecule has 0 spiro atoms. The quantitative estimate of drug-likeness (QED) is 0.789. The molecule has 0 saturated carbocycles. The van der Waals surface area contributed by atoms with Gasteiger partial charge < -0.3 is 5.32 Å². The summed E-state index contributed by atoms with van der Waals surface area (Å²) in [6, 6.07) is 0. The largest absolute Gasteiger partial charge is 0.355 e. The second-order valence-electron chi connectivity index (χ2n) is 3.49. The molecule has 0 fully saturated rings. The molecule has 0 aliphatic carbocycles. The number of alkyl halides is 1. The third-order valence-electron chi connectivity index (χ3n) is 1.93. The van der Waals surface area contributed by atoms with Crippen molar-refractivity contribution in [2.24, 2.45) is 0 Å². The van der Waals surface area contributed by atoms with Crippen molar-refractivity contribution in [3.8, 4) is 0 Å². The zero-order valence-corrected chi connectivity index (χ0v) is 11.1. The molecule has 0 aliphatic heterocycles. The summed E-state index contributed by atoms with van der Waals surface area (Å²) in [4.78, 5) is 17.6. The van der Waals surface area contributed by atoms with Crippen LogP contribution in [0.25, 0.3) is 0 Å². The van der Waals surface area contributed by atoms with Crippen LogP contribution in [0.3, 0.4) is 0 Å². The van der Waals surface area contributed by atoms with Crippen LogP contribution in [0.2, 0.25) is 0 Å². The molecule has 0 saturated heterocycles. The van der Waals surface area contributed by atoms with E-state index in [1.807, 2.05) is 24.3 Å². The first-order valence-electron chi connectivity index (χ1n) is 5.10. The Morgan fingerprint density at radius 1 is 1.69 bits per heavy atom. The second kappa shape index (κ2) is 6.83. The number of nitrogens with zero attached hydrogens (tertiary/aromatic N) is 2. The molecule has 1 aromatic rings. The molecule has 1 N–H and O–H groups in total. The number of rotatable bonds is 6. The highest BCUT2D eigenvalue weighted by atomic mass is 35.5. The lowest BCUT2D eigenvalue weighted by Crippen LogP contribution is -2.34. The third-order valence-corrected chi connectivity index (χ3v) is 3.09. The average Bonchev–Trinajstić information content (AvgIpc) is 2.65. The van der Waals surface area contributed by atoms with Gasteiger partial charge >= 0.3 is 0 Å². The van der Waals surface area contributed by atoms with Crippen LogP contribution in [-0.4, -0.2) is 35.9 Å². The number of nitrogens with one attached hydrogen (secondary N) is 1. The van der Waals surface area contributed by atoms with Crippen LogP contribution >= 0.6 is 22.9 Å². The Morgan fingerprint density at radius 3 is 3.00 bits per heavy atom. The molecule has 0 unspecified atom stereocenters. The van der Waals surface area contributed by atoms with Gasteiger partial charge in [-0.05, 0) is 14.0 Å². The lowest BCUT2D eigenvalue weighted by Gasteiger charge is -2.13. The molecular formula is C10H16ClN3OS. The first-order valence-corrected chi connectivity index (χ1v) is 6.51. The predicted molar refractivity (Wildman–Crippen MR) is 66.7 cm³/mol. The van der Waals surface area contributed by atoms with E-state index in [9.17, 15) is 4.79 Å². The molecule has 1 heterocycles. The molecule has 0 aliphatic rings. The minimum Gasteiger partial charge on any atom is -0.355 e. The molecule has 1 aromatic heterocycles. The van der Waals surface area contributed by atoms with E-state index in [0.717, 1.165) is 10.7 Å². The van der Waals surface area contributed by atoms with E-state index in [4.69, 9.17) is 11.6 Å². The van der Waals surface area contributed by atoms with Gasteiger partial charge in [-0.1, -0.05) is 0 Å². The Bertz CT molecular complexity index is 343. The van der Waals surface area contributed by atoms with Gasteiger partial charge in [-0.25, -0.2) is 4.98 Å². The Kier molecular flexibility index (Phi) is 5.73. The molecule has 0 radical (unpaired) electrons. The standard InChI is InChI=1S/C10H16ClN3OS/c1-3-12-9(15)5-14(2)6-10-13-8(4-11)7-16-10/h7H,3-6H2,1-2H3,(H,12,15). The zero-order chi connectivity index (χ0) is 12.0. The van der Waals surface area contributed by atoms with Crippen molar-refractivity contribution in [1.82, 2.24) is 15.2 Å². The van der Waals surface area contributed by atoms with Crippen LogP contribution in [0, 0.1) is 0 Å². The monoisotopic (exact) mass is 261 g/mol. The van der Waals surface area contributed by atoms with Gasteiger partial charge in [0, 0.05) is 11.9 Å². The summed E-state index contributed by atoms with van der Waals surface area (Å²) in [5, 5.41) is 5.69. The predicted octanol–water partition coefficient (Wildman–Crippen LogP) is 1.45. The van der Waals surface area contributed by atoms with Gasteiger partial charge in [0.2, 0.25) is 5.91 Å². The number of carbonyl (C=O) groups is 1. The van der Waals surface area contributed by atoms with Crippen LogP contribution in [0.15, 0.2) is 5.38 Å². The van der Waals surface area contributed by atoms with Gasteiger partial charge in [-0.15, -0.1) is 22.9 Å². The van der Waals surface area contributed by atoms with Crippen LogP contribution in [0.4, 0.5) is 0 Å². The van der Waals surface area contributed by atoms with Gasteiger partial charge in [0.15, 0.2) is 0 Å². The lowest BCUT2D eigenvalue weighted by molar-refractivity contribution is -0.121. The number of thiazole rings is 1. The fourth-order valence-corrected chi connectivity index (χ4v) is 2.37. The minimum atomic E-state index is 0.0409. The Balaban J connectivity index is 2.38. The van der Waals surface area contributed by atoms with E-state index in [-0.39, 0.29) is 5.91 Å². The number of carbonyl (C=O) groups excluding carboxylic acids is 1. The summed E-state index contributed by atoms with van der Waals surface area (Å²) in [7, 11) is 1.90. The maximum atomic E-state index is 11.3. The second-order valence-corrected chi connectivity index (χ2v) is 4.70. The summed E-state index contributed by atoms with van der Waals surface area (Å²) < 4.78 is 0. The zero-order valence-electron chi connectivity index (χ0n) is 9.49. The highest BCUT2D eigenvalue weighted by Crippen LogP contribution is 2.12. The van der Waals surface area contributed by atoms with Crippen molar-refractivity contribution in [2.75, 3.05) is 20.1 Å². The Labute approximate surface area is 105 Å². The fraction of sp³-hybridized carbons (Fsp3) is 0.600. The van der Waals surface area contributed by atoms with Crippen molar-refractivity contribution in [3.05, 3.63) is 16.1 Å². The molecule has 6 heteroatoms. The van der Waals surface area contributed by atoms with Crippen molar-refractivity contribution in [2.45, 2.75) is 19.3 Å². The van der Waals surface area contributed by atoms with Crippen molar-refractivity contribution < 1.29 is 4.79 Å². The molecule has 16 heavy (non-hydrogen) atoms. The SMILES string of the molecule is CCNC(=O)CN(C)Cc1nc(CCl)cs1. The molecule has 90 valence electrons. The molecule has 0 atom stereocenters. The van der Waals surface area contributed by atoms with Crippen molar-refractivity contribution in [3.63, 3.8) is 0 Å². The van der Waals surface area contributed by atoms with Gasteiger partial charge in [0.1, 0.15) is 5.01 Å². The number of halogens is 1. The highest BCUT2D eigenvalue weighted by molar-refractivity contribution is 7.09. The van der Waals surface area contributed by atoms with Crippen molar-refractivity contribution in [1.29, 1.82) is 0 Å². The van der Waals surface area contributed by atoms with Crippen LogP contribution in [-0.2, 0) is 17.2 Å². The smallest absolute Gasteiger partial charge is 0.234 e. The molecule has 0 aromatic carbocycles. The maximum Gasteiger partial charge on any atom is 0.234 e. The number of aromatic nitrogens is 1. The lowest BCUT2D eigenvalue weighted by atomic mass is 10.4. The van der Waals surface area contributed by atoms with E-state index in [2.05, 4.69) is 10.3 Å². The number of hydrogen-bond donors (Lipinski definition) is 1. The highest BCUT2D eigenvalue weighted by Gasteiger charge is 2.08. The van der Waals surface area contributed by atoms with Crippen molar-refractivity contribution >= 4 is 28.8 Å². The number of likely N-dealkylation sites (N-methyl/N-ethyl adjacent to an activating group) is 2. The number of hydrogen-bond acceptors (Lipinski definition) is 4. The third kappa shape index (κ3) is 4.47. The minimum absolute atomic E-state index is 0.0409. The Hall–Kier alpha value is -0.650. The first-order chi connectivity index (χ1) is 7.65. The molecule has 1 rings (SSSR count). The molecule has 4 nitrogen and oxygen atoms in total. The maximum absolute atomic E-state index is 11.3. The summed E-state index contributed by atoms with van der Waals surface area (Å²) >= 11 is 7.24. The normalized spacial score (nSPS) is 10.8. The van der Waals surface area contributed by atoms with E-state index in [1.54, 1.807) is 11.3 Å². The van der Waals surface area contributed by atoms with Gasteiger partial charge in [0.05, 0.1) is 24.7 Å². The summed E-state index contributed by atoms with van der Waals surface area (Å²) in [6.45, 7) is 3.65. The van der Waals surface area contributed by atoms with E-state index < -0.39 is 0 Å². The molecule has 0 bridgehead atoms. The summed E-state index contributed by atoms with van der Waals surface area (Å²) in [5.74, 6) is 0.482. The van der Waals surface area contributed by atoms with Gasteiger partial charge in [0.25, 0.3) is 0 Å². The Morgan fingerprint density at radius 2 is 2.44 bits per heavy atom. The summed E-state index contributed by atoms with van der Waals surface area (Å²) in [6.07, 6.45) is 0. The average molecular weight is 262 g/mol. The summed E-state index contributed by atoms with van der Waals surface area (Å²) in [5.41, 5.74) is 0.896. The van der Waals surface area contributed by atoms with Crippen LogP contribution in [0.5, 0.6) is 0 Å². The van der Waals surface area contributed by atoms with E-state index in [0.29, 0.717) is 25.5 Å². The van der Waals surface area contributed by atoms with E-state index in [1.165, 1.54) is 0 Å². The van der Waals surface area contributed by atoms with Gasteiger partial charge in [-0.3, -0.25) is 9.69 Å². The van der Waals surface area contributed by atoms with Crippen LogP contribution in [0.1, 0.15) is 17.6 Å². The first kappa shape index (κ1) is 13.4. The number of amides is 1. The molecular weight excluding hydrogens is 246 g/mol. The van der Waals surface area contributed by atoms with Crippen LogP contribution < -0.4 is 5.32 Å².